The number of hydrogen-bond acceptors (Lipinski definition) is 11. The van der Waals surface area contributed by atoms with Crippen LogP contribution in [0.1, 0.15) is 6.92 Å². The molecule has 0 unspecified atom stereocenters. The van der Waals surface area contributed by atoms with Gasteiger partial charge in [0.15, 0.2) is 0 Å². The lowest BCUT2D eigenvalue weighted by Crippen LogP contribution is -3.00. The van der Waals surface area contributed by atoms with Crippen molar-refractivity contribution in [2.75, 3.05) is 119 Å². The third-order valence-electron chi connectivity index (χ3n) is 10.8. The summed E-state index contributed by atoms with van der Waals surface area (Å²) in [5, 5.41) is 4.72. The summed E-state index contributed by atoms with van der Waals surface area (Å²) in [6.07, 6.45) is 0. The first-order chi connectivity index (χ1) is 30.0. The summed E-state index contributed by atoms with van der Waals surface area (Å²) < 4.78 is 3.34. The molecule has 1 N–H and O–H groups in total. The summed E-state index contributed by atoms with van der Waals surface area (Å²) in [6.45, 7) is 1.61. The molecule has 5 aromatic rings. The lowest BCUT2D eigenvalue weighted by molar-refractivity contribution is -0.115. The number of carbonyl (C=O) groups excluding carboxylic acids is 1. The number of amides is 1. The van der Waals surface area contributed by atoms with Crippen LogP contribution in [0.4, 0.5) is 51.2 Å². The Morgan fingerprint density at radius 2 is 0.969 bits per heavy atom. The number of anilines is 9. The highest BCUT2D eigenvalue weighted by Gasteiger charge is 2.27. The molecule has 0 spiro atoms. The maximum atomic E-state index is 12.3. The maximum absolute atomic E-state index is 12.3. The molecule has 9 rings (SSSR count). The van der Waals surface area contributed by atoms with Gasteiger partial charge in [0.05, 0.1) is 43.5 Å². The topological polar surface area (TPSA) is 64.4 Å². The van der Waals surface area contributed by atoms with Gasteiger partial charge in [-0.15, -0.1) is 11.3 Å². The molecule has 5 aromatic carbocycles. The molecule has 14 heteroatoms. The fraction of sp³-hybridized carbons (Fsp3) is 0.260. The monoisotopic (exact) mass is 931 g/mol. The Labute approximate surface area is 397 Å². The second-order valence-corrected chi connectivity index (χ2v) is 20.0. The first-order valence-corrected chi connectivity index (χ1v) is 23.1. The predicted molar refractivity (Wildman–Crippen MR) is 275 cm³/mol. The van der Waals surface area contributed by atoms with Crippen LogP contribution in [-0.4, -0.2) is 95.5 Å². The van der Waals surface area contributed by atoms with Gasteiger partial charge < -0.3 is 42.2 Å². The van der Waals surface area contributed by atoms with E-state index in [1.54, 1.807) is 34.9 Å². The van der Waals surface area contributed by atoms with Gasteiger partial charge in [-0.1, -0.05) is 23.5 Å². The zero-order valence-electron chi connectivity index (χ0n) is 39.0. The molecular formula is C50H58ClN9OS3. The van der Waals surface area contributed by atoms with E-state index in [-0.39, 0.29) is 18.3 Å². The molecule has 0 saturated carbocycles. The van der Waals surface area contributed by atoms with Gasteiger partial charge in [-0.2, -0.15) is 0 Å². The van der Waals surface area contributed by atoms with Crippen molar-refractivity contribution in [1.82, 2.24) is 9.56 Å². The Hall–Kier alpha value is -5.60. The Bertz CT molecular complexity index is 2740. The average molecular weight is 933 g/mol. The van der Waals surface area contributed by atoms with Crippen LogP contribution in [0.3, 0.4) is 0 Å². The van der Waals surface area contributed by atoms with Gasteiger partial charge in [-0.05, 0) is 97.1 Å². The molecule has 64 heavy (non-hydrogen) atoms. The van der Waals surface area contributed by atoms with Gasteiger partial charge in [0.2, 0.25) is 11.3 Å². The highest BCUT2D eigenvalue weighted by Crippen LogP contribution is 2.50. The molecule has 1 amide bonds. The number of halogens is 1. The van der Waals surface area contributed by atoms with Crippen molar-refractivity contribution < 1.29 is 17.2 Å². The Morgan fingerprint density at radius 1 is 0.547 bits per heavy atom. The van der Waals surface area contributed by atoms with E-state index in [1.165, 1.54) is 53.2 Å². The van der Waals surface area contributed by atoms with Gasteiger partial charge in [-0.25, -0.2) is 9.56 Å². The van der Waals surface area contributed by atoms with Crippen molar-refractivity contribution >= 4 is 102 Å². The third kappa shape index (κ3) is 10.5. The number of rotatable bonds is 5. The summed E-state index contributed by atoms with van der Waals surface area (Å²) in [4.78, 5) is 35.3. The lowest BCUT2D eigenvalue weighted by atomic mass is 10.2. The van der Waals surface area contributed by atoms with Crippen LogP contribution >= 0.6 is 34.9 Å². The summed E-state index contributed by atoms with van der Waals surface area (Å²) >= 11 is 5.35. The van der Waals surface area contributed by atoms with Crippen molar-refractivity contribution in [1.29, 1.82) is 0 Å². The molecule has 334 valence electrons. The molecule has 0 aromatic heterocycles. The van der Waals surface area contributed by atoms with Crippen LogP contribution in [0.15, 0.2) is 129 Å². The van der Waals surface area contributed by atoms with Gasteiger partial charge in [0, 0.05) is 138 Å². The molecule has 1 aliphatic carbocycles. The summed E-state index contributed by atoms with van der Waals surface area (Å²) in [6, 6.07) is 38.3. The van der Waals surface area contributed by atoms with E-state index in [0.29, 0.717) is 0 Å². The number of nitrogens with one attached hydrogen (secondary N) is 1. The second kappa shape index (κ2) is 20.1. The highest BCUT2D eigenvalue weighted by atomic mass is 35.5. The van der Waals surface area contributed by atoms with Gasteiger partial charge >= 0.3 is 0 Å². The van der Waals surface area contributed by atoms with Crippen molar-refractivity contribution in [3.8, 4) is 10.6 Å². The van der Waals surface area contributed by atoms with E-state index in [0.717, 1.165) is 43.8 Å². The average Bonchev–Trinajstić information content (AvgIpc) is 3.25. The largest absolute Gasteiger partial charge is 1.00 e. The SMILES string of the molecule is CC(=O)N1c2ccc(N(C)C)cc2Sc2cc(N(C)C)ccc21.CN(C)c1ccc2c(c1)Sc1cc(N(C)C)ccc1N2.CN(C)c1ccc2nc3ccc(=[N+](C)C)cc-3sc2c1.[Cl-]. The molecule has 0 atom stereocenters. The number of hydrogen-bond donors (Lipinski definition) is 1. The summed E-state index contributed by atoms with van der Waals surface area (Å²) in [7, 11) is 24.6. The standard InChI is InChI=1S/C18H21N3OS.C16H19N3S.C16H18N3S.ClH/c1-12(22)21-15-8-6-13(19(2)3)10-17(15)23-18-11-14(20(4)5)7-9-16(18)21;2*1-18(2)11-5-7-13-15(9-11)20-16-10-12(19(3)4)6-8-14(16)17-13;/h6-11H,1-5H3;5-10,17H,1-4H3;5-10H,1-4H3;1H/q;;+1;/p-1. The lowest BCUT2D eigenvalue weighted by Gasteiger charge is -2.32. The minimum Gasteiger partial charge on any atom is -1.00 e. The first kappa shape index (κ1) is 47.9. The zero-order valence-corrected chi connectivity index (χ0v) is 42.2. The fourth-order valence-electron chi connectivity index (χ4n) is 7.06. The van der Waals surface area contributed by atoms with Crippen LogP contribution in [0.2, 0.25) is 0 Å². The van der Waals surface area contributed by atoms with E-state index in [2.05, 4.69) is 188 Å². The number of nitrogens with zero attached hydrogens (tertiary/aromatic N) is 8. The zero-order chi connectivity index (χ0) is 45.3. The first-order valence-electron chi connectivity index (χ1n) is 20.7. The van der Waals surface area contributed by atoms with E-state index in [4.69, 9.17) is 4.98 Å². The predicted octanol–water partition coefficient (Wildman–Crippen LogP) is 7.50. The van der Waals surface area contributed by atoms with Gasteiger partial charge in [0.25, 0.3) is 0 Å². The highest BCUT2D eigenvalue weighted by molar-refractivity contribution is 8.00. The molecular weight excluding hydrogens is 874 g/mol. The fourth-order valence-corrected chi connectivity index (χ4v) is 10.3. The minimum atomic E-state index is 0. The second-order valence-electron chi connectivity index (χ2n) is 16.7. The smallest absolute Gasteiger partial charge is 0.228 e. The minimum absolute atomic E-state index is 0. The van der Waals surface area contributed by atoms with Crippen molar-refractivity contribution in [2.45, 2.75) is 26.5 Å². The molecule has 0 saturated heterocycles. The van der Waals surface area contributed by atoms with Crippen LogP contribution in [0.5, 0.6) is 0 Å². The summed E-state index contributed by atoms with van der Waals surface area (Å²) in [5.74, 6) is 0.0306. The van der Waals surface area contributed by atoms with Crippen LogP contribution in [-0.2, 0) is 4.79 Å². The molecule has 4 aliphatic rings. The molecule has 3 heterocycles. The number of carbonyl (C=O) groups is 1. The Kier molecular flexibility index (Phi) is 15.0. The Morgan fingerprint density at radius 3 is 1.42 bits per heavy atom. The van der Waals surface area contributed by atoms with Crippen molar-refractivity contribution in [3.05, 3.63) is 115 Å². The maximum Gasteiger partial charge on any atom is 0.228 e. The molecule has 3 aliphatic heterocycles. The molecule has 10 nitrogen and oxygen atoms in total. The van der Waals surface area contributed by atoms with E-state index < -0.39 is 0 Å². The van der Waals surface area contributed by atoms with Crippen LogP contribution < -0.4 is 57.1 Å². The van der Waals surface area contributed by atoms with E-state index >= 15 is 0 Å². The van der Waals surface area contributed by atoms with Crippen LogP contribution in [0.25, 0.3) is 20.8 Å². The normalized spacial score (nSPS) is 11.7. The van der Waals surface area contributed by atoms with Gasteiger partial charge in [-0.3, -0.25) is 9.69 Å². The molecule has 0 fully saturated rings. The van der Waals surface area contributed by atoms with Crippen molar-refractivity contribution in [2.24, 2.45) is 0 Å². The number of benzene rings is 6. The van der Waals surface area contributed by atoms with E-state index in [9.17, 15) is 4.79 Å². The summed E-state index contributed by atoms with van der Waals surface area (Å²) in [5.41, 5.74) is 12.3. The Balaban J connectivity index is 0.000000159. The quantitative estimate of drug-likeness (QED) is 0.139. The molecule has 0 bridgehead atoms. The number of aromatic nitrogens is 1. The van der Waals surface area contributed by atoms with Crippen molar-refractivity contribution in [3.63, 3.8) is 0 Å². The van der Waals surface area contributed by atoms with Gasteiger partial charge in [0.1, 0.15) is 14.1 Å². The molecule has 0 radical (unpaired) electrons. The third-order valence-corrected chi connectivity index (χ3v) is 14.1. The van der Waals surface area contributed by atoms with Crippen LogP contribution in [0, 0.1) is 0 Å². The number of fused-ring (bicyclic) bond motifs is 6. The van der Waals surface area contributed by atoms with E-state index in [1.807, 2.05) is 52.1 Å².